The maximum absolute atomic E-state index is 14.2. The van der Waals surface area contributed by atoms with Crippen LogP contribution in [0.3, 0.4) is 0 Å². The zero-order chi connectivity index (χ0) is 29.0. The first kappa shape index (κ1) is 32.2. The number of ether oxygens (including phenoxy) is 1. The maximum Gasteiger partial charge on any atom is 0.408 e. The van der Waals surface area contributed by atoms with Crippen LogP contribution in [0.15, 0.2) is 48.5 Å². The summed E-state index contributed by atoms with van der Waals surface area (Å²) in [5.74, 6) is 0.0837. The Balaban J connectivity index is 2.51. The van der Waals surface area contributed by atoms with Gasteiger partial charge in [-0.15, -0.1) is 0 Å². The number of para-hydroxylation sites is 1. The van der Waals surface area contributed by atoms with Crippen molar-refractivity contribution in [2.45, 2.75) is 84.9 Å². The number of hydrogen-bond donors (Lipinski definition) is 2. The second-order valence-electron chi connectivity index (χ2n) is 10.8. The number of benzene rings is 2. The third kappa shape index (κ3) is 10.2. The van der Waals surface area contributed by atoms with Gasteiger partial charge in [0.25, 0.3) is 5.91 Å². The minimum atomic E-state index is -0.869. The van der Waals surface area contributed by atoms with E-state index in [9.17, 15) is 14.4 Å². The lowest BCUT2D eigenvalue weighted by molar-refractivity contribution is -0.141. The van der Waals surface area contributed by atoms with Crippen LogP contribution in [0.5, 0.6) is 0 Å². The van der Waals surface area contributed by atoms with E-state index in [2.05, 4.69) is 17.6 Å². The molecule has 0 fully saturated rings. The molecule has 0 aliphatic carbocycles. The number of alkyl carbamates (subject to hydrolysis) is 1. The zero-order valence-electron chi connectivity index (χ0n) is 24.5. The molecule has 2 aromatic carbocycles. The highest BCUT2D eigenvalue weighted by molar-refractivity contribution is 7.98. The van der Waals surface area contributed by atoms with Gasteiger partial charge >= 0.3 is 6.09 Å². The van der Waals surface area contributed by atoms with Crippen LogP contribution >= 0.6 is 11.8 Å². The number of aryl methyl sites for hydroxylation is 2. The Morgan fingerprint density at radius 1 is 0.974 bits per heavy atom. The molecule has 0 aliphatic rings. The van der Waals surface area contributed by atoms with Gasteiger partial charge in [-0.1, -0.05) is 68.3 Å². The summed E-state index contributed by atoms with van der Waals surface area (Å²) in [5, 5.41) is 5.90. The van der Waals surface area contributed by atoms with E-state index in [4.69, 9.17) is 4.74 Å². The summed E-state index contributed by atoms with van der Waals surface area (Å²) in [6.07, 6.45) is 4.36. The summed E-state index contributed by atoms with van der Waals surface area (Å²) >= 11 is 1.59. The van der Waals surface area contributed by atoms with E-state index in [0.717, 1.165) is 36.1 Å². The molecule has 0 radical (unpaired) electrons. The molecule has 7 nitrogen and oxygen atoms in total. The van der Waals surface area contributed by atoms with Crippen LogP contribution in [-0.2, 0) is 14.3 Å². The molecule has 0 spiro atoms. The highest BCUT2D eigenvalue weighted by Gasteiger charge is 2.36. The minimum Gasteiger partial charge on any atom is -0.444 e. The number of nitrogens with zero attached hydrogens (tertiary/aromatic N) is 1. The first-order chi connectivity index (χ1) is 18.5. The molecule has 39 heavy (non-hydrogen) atoms. The van der Waals surface area contributed by atoms with E-state index in [1.54, 1.807) is 37.4 Å². The van der Waals surface area contributed by atoms with Crippen LogP contribution in [0.1, 0.15) is 76.1 Å². The number of nitrogens with one attached hydrogen (secondary N) is 2. The standard InChI is InChI=1S/C31H45N3O4S/c1-8-9-13-20-34(29(36)25(19-21-39-7)32-30(37)38-31(4,5)6)27(24-17-11-10-12-18-24)28(35)33-26-22(2)15-14-16-23(26)3/h10-12,14-18,25,27H,8-9,13,19-21H2,1-7H3,(H,32,37)(H,33,35). The molecular weight excluding hydrogens is 510 g/mol. The molecule has 2 atom stereocenters. The molecule has 2 aromatic rings. The highest BCUT2D eigenvalue weighted by Crippen LogP contribution is 2.28. The van der Waals surface area contributed by atoms with Gasteiger partial charge in [-0.3, -0.25) is 9.59 Å². The number of unbranched alkanes of at least 4 members (excludes halogenated alkanes) is 2. The molecule has 0 saturated heterocycles. The van der Waals surface area contributed by atoms with Gasteiger partial charge in [0, 0.05) is 12.2 Å². The smallest absolute Gasteiger partial charge is 0.408 e. The summed E-state index contributed by atoms with van der Waals surface area (Å²) < 4.78 is 5.47. The van der Waals surface area contributed by atoms with Crippen molar-refractivity contribution < 1.29 is 19.1 Å². The normalized spacial score (nSPS) is 12.8. The molecule has 2 N–H and O–H groups in total. The minimum absolute atomic E-state index is 0.288. The Labute approximate surface area is 238 Å². The van der Waals surface area contributed by atoms with Crippen molar-refractivity contribution in [2.24, 2.45) is 0 Å². The quantitative estimate of drug-likeness (QED) is 0.270. The van der Waals surface area contributed by atoms with Crippen molar-refractivity contribution in [1.82, 2.24) is 10.2 Å². The van der Waals surface area contributed by atoms with Gasteiger partial charge in [0.05, 0.1) is 0 Å². The second-order valence-corrected chi connectivity index (χ2v) is 11.8. The van der Waals surface area contributed by atoms with E-state index in [1.807, 2.05) is 68.6 Å². The molecule has 2 rings (SSSR count). The van der Waals surface area contributed by atoms with Crippen LogP contribution in [0.2, 0.25) is 0 Å². The molecule has 3 amide bonds. The molecule has 0 bridgehead atoms. The molecule has 0 aromatic heterocycles. The van der Waals surface area contributed by atoms with Gasteiger partial charge in [-0.2, -0.15) is 11.8 Å². The fourth-order valence-corrected chi connectivity index (χ4v) is 4.82. The van der Waals surface area contributed by atoms with Crippen molar-refractivity contribution in [1.29, 1.82) is 0 Å². The summed E-state index contributed by atoms with van der Waals surface area (Å²) in [7, 11) is 0. The first-order valence-corrected chi connectivity index (χ1v) is 15.1. The molecule has 0 heterocycles. The third-order valence-corrected chi connectivity index (χ3v) is 6.93. The number of thioether (sulfide) groups is 1. The largest absolute Gasteiger partial charge is 0.444 e. The lowest BCUT2D eigenvalue weighted by atomic mass is 10.0. The molecular formula is C31H45N3O4S. The van der Waals surface area contributed by atoms with Gasteiger partial charge in [0.2, 0.25) is 5.91 Å². The summed E-state index contributed by atoms with van der Waals surface area (Å²) in [6.45, 7) is 11.7. The Morgan fingerprint density at radius 3 is 2.18 bits per heavy atom. The Bertz CT molecular complexity index is 1060. The van der Waals surface area contributed by atoms with Crippen molar-refractivity contribution in [2.75, 3.05) is 23.9 Å². The number of amides is 3. The predicted octanol–water partition coefficient (Wildman–Crippen LogP) is 6.65. The average molecular weight is 556 g/mol. The first-order valence-electron chi connectivity index (χ1n) is 13.7. The summed E-state index contributed by atoms with van der Waals surface area (Å²) in [6, 6.07) is 13.5. The monoisotopic (exact) mass is 555 g/mol. The topological polar surface area (TPSA) is 87.7 Å². The van der Waals surface area contributed by atoms with E-state index in [0.29, 0.717) is 24.3 Å². The molecule has 2 unspecified atom stereocenters. The fourth-order valence-electron chi connectivity index (χ4n) is 4.35. The van der Waals surface area contributed by atoms with Crippen LogP contribution in [-0.4, -0.2) is 53.0 Å². The third-order valence-electron chi connectivity index (χ3n) is 6.29. The van der Waals surface area contributed by atoms with E-state index in [1.165, 1.54) is 0 Å². The number of rotatable bonds is 13. The number of carbonyl (C=O) groups excluding carboxylic acids is 3. The van der Waals surface area contributed by atoms with E-state index >= 15 is 0 Å². The van der Waals surface area contributed by atoms with E-state index < -0.39 is 23.8 Å². The van der Waals surface area contributed by atoms with Gasteiger partial charge in [0.1, 0.15) is 17.7 Å². The van der Waals surface area contributed by atoms with Crippen LogP contribution < -0.4 is 10.6 Å². The van der Waals surface area contributed by atoms with Crippen molar-refractivity contribution in [3.63, 3.8) is 0 Å². The Morgan fingerprint density at radius 2 is 1.62 bits per heavy atom. The molecule has 0 aliphatic heterocycles. The number of anilines is 1. The lowest BCUT2D eigenvalue weighted by Gasteiger charge is -2.35. The highest BCUT2D eigenvalue weighted by atomic mass is 32.2. The molecule has 214 valence electrons. The average Bonchev–Trinajstić information content (AvgIpc) is 2.87. The maximum atomic E-state index is 14.2. The predicted molar refractivity (Wildman–Crippen MR) is 161 cm³/mol. The number of carbonyl (C=O) groups is 3. The molecule has 8 heteroatoms. The zero-order valence-corrected chi connectivity index (χ0v) is 25.3. The Kier molecular flexibility index (Phi) is 12.8. The fraction of sp³-hybridized carbons (Fsp3) is 0.516. The SMILES string of the molecule is CCCCCN(C(=O)C(CCSC)NC(=O)OC(C)(C)C)C(C(=O)Nc1c(C)cccc1C)c1ccccc1. The van der Waals surface area contributed by atoms with E-state index in [-0.39, 0.29) is 11.8 Å². The van der Waals surface area contributed by atoms with Crippen molar-refractivity contribution in [3.8, 4) is 0 Å². The van der Waals surface area contributed by atoms with Crippen molar-refractivity contribution >= 4 is 35.4 Å². The van der Waals surface area contributed by atoms with Crippen LogP contribution in [0, 0.1) is 13.8 Å². The Hall–Kier alpha value is -3.00. The second kappa shape index (κ2) is 15.6. The van der Waals surface area contributed by atoms with Gasteiger partial charge in [-0.05, 0) is 76.2 Å². The number of hydrogen-bond acceptors (Lipinski definition) is 5. The lowest BCUT2D eigenvalue weighted by Crippen LogP contribution is -2.52. The van der Waals surface area contributed by atoms with Gasteiger partial charge in [0.15, 0.2) is 0 Å². The molecule has 0 saturated carbocycles. The van der Waals surface area contributed by atoms with Crippen LogP contribution in [0.4, 0.5) is 10.5 Å². The summed E-state index contributed by atoms with van der Waals surface area (Å²) in [5.41, 5.74) is 2.66. The van der Waals surface area contributed by atoms with Gasteiger partial charge < -0.3 is 20.3 Å². The van der Waals surface area contributed by atoms with Crippen molar-refractivity contribution in [3.05, 3.63) is 65.2 Å². The van der Waals surface area contributed by atoms with Gasteiger partial charge in [-0.25, -0.2) is 4.79 Å². The summed E-state index contributed by atoms with van der Waals surface area (Å²) in [4.78, 5) is 42.6. The van der Waals surface area contributed by atoms with Crippen LogP contribution in [0.25, 0.3) is 0 Å².